The normalized spacial score (nSPS) is 13.9. The Labute approximate surface area is 193 Å². The average Bonchev–Trinajstić information content (AvgIpc) is 2.85. The third kappa shape index (κ3) is 5.66. The minimum absolute atomic E-state index is 0.00188. The number of likely N-dealkylation sites (tertiary alicyclic amines) is 1. The molecule has 4 rings (SSSR count). The molecule has 3 aromatic carbocycles. The van der Waals surface area contributed by atoms with E-state index in [0.29, 0.717) is 42.9 Å². The molecule has 0 saturated carbocycles. The summed E-state index contributed by atoms with van der Waals surface area (Å²) in [5.41, 5.74) is 4.23. The molecular formula is C27H27N3O3. The summed E-state index contributed by atoms with van der Waals surface area (Å²) < 4.78 is 0. The highest BCUT2D eigenvalue weighted by Gasteiger charge is 2.28. The Kier molecular flexibility index (Phi) is 6.83. The first-order valence-corrected chi connectivity index (χ1v) is 11.1. The van der Waals surface area contributed by atoms with Gasteiger partial charge in [0.25, 0.3) is 5.91 Å². The zero-order valence-corrected chi connectivity index (χ0v) is 18.6. The molecule has 3 amide bonds. The lowest BCUT2D eigenvalue weighted by molar-refractivity contribution is -0.121. The van der Waals surface area contributed by atoms with Crippen LogP contribution in [0.3, 0.4) is 0 Å². The van der Waals surface area contributed by atoms with Gasteiger partial charge in [0.05, 0.1) is 0 Å². The van der Waals surface area contributed by atoms with Gasteiger partial charge in [0.1, 0.15) is 0 Å². The molecule has 1 fully saturated rings. The second-order valence-corrected chi connectivity index (χ2v) is 8.26. The van der Waals surface area contributed by atoms with Crippen LogP contribution in [0.1, 0.15) is 30.1 Å². The van der Waals surface area contributed by atoms with Crippen LogP contribution < -0.4 is 10.6 Å². The van der Waals surface area contributed by atoms with Crippen LogP contribution in [0.4, 0.5) is 11.4 Å². The zero-order chi connectivity index (χ0) is 23.2. The Balaban J connectivity index is 1.29. The molecule has 1 aliphatic rings. The molecule has 33 heavy (non-hydrogen) atoms. The van der Waals surface area contributed by atoms with Gasteiger partial charge in [0.2, 0.25) is 11.8 Å². The van der Waals surface area contributed by atoms with Crippen molar-refractivity contribution in [2.24, 2.45) is 5.92 Å². The van der Waals surface area contributed by atoms with Crippen molar-refractivity contribution in [1.29, 1.82) is 0 Å². The standard InChI is InChI=1S/C27H27N3O3/c1-19(31)28-24-11-13-25(14-12-24)29-26(32)22-15-17-30(18-16-22)27(33)23-9-7-21(8-10-23)20-5-3-2-4-6-20/h2-14,22H,15-18H2,1H3,(H,28,31)(H,29,32). The van der Waals surface area contributed by atoms with E-state index >= 15 is 0 Å². The van der Waals surface area contributed by atoms with E-state index in [-0.39, 0.29) is 23.6 Å². The van der Waals surface area contributed by atoms with Crippen LogP contribution in [0.2, 0.25) is 0 Å². The number of piperidine rings is 1. The van der Waals surface area contributed by atoms with Crippen molar-refractivity contribution in [2.45, 2.75) is 19.8 Å². The molecule has 1 heterocycles. The summed E-state index contributed by atoms with van der Waals surface area (Å²) in [5.74, 6) is -0.312. The van der Waals surface area contributed by atoms with Gasteiger partial charge >= 0.3 is 0 Å². The van der Waals surface area contributed by atoms with Gasteiger partial charge in [-0.3, -0.25) is 14.4 Å². The van der Waals surface area contributed by atoms with Crippen LogP contribution in [0.15, 0.2) is 78.9 Å². The molecule has 0 aromatic heterocycles. The predicted octanol–water partition coefficient (Wildman–Crippen LogP) is 4.80. The van der Waals surface area contributed by atoms with Crippen molar-refractivity contribution in [1.82, 2.24) is 4.90 Å². The number of hydrogen-bond acceptors (Lipinski definition) is 3. The molecule has 1 aliphatic heterocycles. The maximum Gasteiger partial charge on any atom is 0.253 e. The maximum absolute atomic E-state index is 12.9. The molecule has 3 aromatic rings. The quantitative estimate of drug-likeness (QED) is 0.597. The number of benzene rings is 3. The fourth-order valence-electron chi connectivity index (χ4n) is 4.05. The van der Waals surface area contributed by atoms with Gasteiger partial charge in [-0.1, -0.05) is 42.5 Å². The summed E-state index contributed by atoms with van der Waals surface area (Å²) in [4.78, 5) is 38.5. The van der Waals surface area contributed by atoms with E-state index in [1.165, 1.54) is 6.92 Å². The van der Waals surface area contributed by atoms with Crippen molar-refractivity contribution >= 4 is 29.1 Å². The topological polar surface area (TPSA) is 78.5 Å². The van der Waals surface area contributed by atoms with Gasteiger partial charge < -0.3 is 15.5 Å². The van der Waals surface area contributed by atoms with E-state index in [2.05, 4.69) is 10.6 Å². The summed E-state index contributed by atoms with van der Waals surface area (Å²) in [6.07, 6.45) is 1.26. The van der Waals surface area contributed by atoms with E-state index in [9.17, 15) is 14.4 Å². The summed E-state index contributed by atoms with van der Waals surface area (Å²) in [6.45, 7) is 2.56. The number of carbonyl (C=O) groups is 3. The van der Waals surface area contributed by atoms with Crippen molar-refractivity contribution in [3.8, 4) is 11.1 Å². The van der Waals surface area contributed by atoms with Crippen LogP contribution in [-0.4, -0.2) is 35.7 Å². The first-order chi connectivity index (χ1) is 16.0. The van der Waals surface area contributed by atoms with Crippen molar-refractivity contribution < 1.29 is 14.4 Å². The zero-order valence-electron chi connectivity index (χ0n) is 18.6. The summed E-state index contributed by atoms with van der Waals surface area (Å²) in [7, 11) is 0. The Morgan fingerprint density at radius 2 is 1.27 bits per heavy atom. The molecule has 168 valence electrons. The average molecular weight is 442 g/mol. The van der Waals surface area contributed by atoms with Gasteiger partial charge in [-0.25, -0.2) is 0 Å². The number of anilines is 2. The number of carbonyl (C=O) groups excluding carboxylic acids is 3. The first-order valence-electron chi connectivity index (χ1n) is 11.1. The largest absolute Gasteiger partial charge is 0.339 e. The molecule has 6 nitrogen and oxygen atoms in total. The van der Waals surface area contributed by atoms with Crippen LogP contribution in [-0.2, 0) is 9.59 Å². The van der Waals surface area contributed by atoms with E-state index in [1.807, 2.05) is 59.5 Å². The van der Waals surface area contributed by atoms with E-state index in [4.69, 9.17) is 0 Å². The Bertz CT molecular complexity index is 1120. The lowest BCUT2D eigenvalue weighted by Gasteiger charge is -2.31. The lowest BCUT2D eigenvalue weighted by Crippen LogP contribution is -2.41. The molecule has 6 heteroatoms. The Morgan fingerprint density at radius 1 is 0.727 bits per heavy atom. The van der Waals surface area contributed by atoms with Crippen LogP contribution in [0.5, 0.6) is 0 Å². The molecule has 0 spiro atoms. The van der Waals surface area contributed by atoms with Gasteiger partial charge in [0.15, 0.2) is 0 Å². The van der Waals surface area contributed by atoms with E-state index in [0.717, 1.165) is 11.1 Å². The minimum Gasteiger partial charge on any atom is -0.339 e. The number of nitrogens with zero attached hydrogens (tertiary/aromatic N) is 1. The third-order valence-electron chi connectivity index (χ3n) is 5.86. The molecule has 2 N–H and O–H groups in total. The molecule has 0 atom stereocenters. The molecule has 1 saturated heterocycles. The minimum atomic E-state index is -0.139. The molecule has 0 aliphatic carbocycles. The van der Waals surface area contributed by atoms with Gasteiger partial charge in [-0.05, 0) is 60.4 Å². The summed E-state index contributed by atoms with van der Waals surface area (Å²) in [6, 6.07) is 24.8. The molecule has 0 bridgehead atoms. The lowest BCUT2D eigenvalue weighted by atomic mass is 9.95. The smallest absolute Gasteiger partial charge is 0.253 e. The fraction of sp³-hybridized carbons (Fsp3) is 0.222. The maximum atomic E-state index is 12.9. The Hall–Kier alpha value is -3.93. The Morgan fingerprint density at radius 3 is 1.85 bits per heavy atom. The number of amides is 3. The summed E-state index contributed by atoms with van der Waals surface area (Å²) in [5, 5.41) is 5.63. The number of nitrogens with one attached hydrogen (secondary N) is 2. The van der Waals surface area contributed by atoms with Crippen molar-refractivity contribution in [2.75, 3.05) is 23.7 Å². The van der Waals surface area contributed by atoms with Crippen LogP contribution in [0, 0.1) is 5.92 Å². The second-order valence-electron chi connectivity index (χ2n) is 8.26. The van der Waals surface area contributed by atoms with Gasteiger partial charge in [0, 0.05) is 42.9 Å². The highest BCUT2D eigenvalue weighted by atomic mass is 16.2. The SMILES string of the molecule is CC(=O)Nc1ccc(NC(=O)C2CCN(C(=O)c3ccc(-c4ccccc4)cc3)CC2)cc1. The van der Waals surface area contributed by atoms with E-state index < -0.39 is 0 Å². The molecule has 0 unspecified atom stereocenters. The van der Waals surface area contributed by atoms with Crippen LogP contribution >= 0.6 is 0 Å². The van der Waals surface area contributed by atoms with E-state index in [1.54, 1.807) is 24.3 Å². The number of hydrogen-bond donors (Lipinski definition) is 2. The monoisotopic (exact) mass is 441 g/mol. The van der Waals surface area contributed by atoms with Gasteiger partial charge in [-0.2, -0.15) is 0 Å². The van der Waals surface area contributed by atoms with Gasteiger partial charge in [-0.15, -0.1) is 0 Å². The van der Waals surface area contributed by atoms with Crippen molar-refractivity contribution in [3.63, 3.8) is 0 Å². The highest BCUT2D eigenvalue weighted by Crippen LogP contribution is 2.23. The van der Waals surface area contributed by atoms with Crippen molar-refractivity contribution in [3.05, 3.63) is 84.4 Å². The highest BCUT2D eigenvalue weighted by molar-refractivity contribution is 5.96. The second kappa shape index (κ2) is 10.1. The number of rotatable bonds is 5. The fourth-order valence-corrected chi connectivity index (χ4v) is 4.05. The molecule has 0 radical (unpaired) electrons. The molecular weight excluding hydrogens is 414 g/mol. The third-order valence-corrected chi connectivity index (χ3v) is 5.86. The first kappa shape index (κ1) is 22.3. The predicted molar refractivity (Wildman–Crippen MR) is 130 cm³/mol. The van der Waals surface area contributed by atoms with Crippen LogP contribution in [0.25, 0.3) is 11.1 Å². The summed E-state index contributed by atoms with van der Waals surface area (Å²) >= 11 is 0.